The van der Waals surface area contributed by atoms with Gasteiger partial charge in [0.15, 0.2) is 0 Å². The average molecular weight is 212 g/mol. The summed E-state index contributed by atoms with van der Waals surface area (Å²) in [5.74, 6) is 0.793. The lowest BCUT2D eigenvalue weighted by Gasteiger charge is -2.27. The van der Waals surface area contributed by atoms with E-state index in [2.05, 4.69) is 37.9 Å². The molecule has 1 N–H and O–H groups in total. The second-order valence-electron chi connectivity index (χ2n) is 5.01. The number of hydrogen-bond donors (Lipinski definition) is 1. The topological polar surface area (TPSA) is 15.3 Å². The molecule has 0 saturated carbocycles. The highest BCUT2D eigenvalue weighted by molar-refractivity contribution is 4.81. The highest BCUT2D eigenvalue weighted by Crippen LogP contribution is 2.16. The van der Waals surface area contributed by atoms with Crippen molar-refractivity contribution in [3.8, 4) is 0 Å². The predicted octanol–water partition coefficient (Wildman–Crippen LogP) is 2.49. The van der Waals surface area contributed by atoms with Crippen LogP contribution in [-0.2, 0) is 0 Å². The van der Waals surface area contributed by atoms with Gasteiger partial charge in [0.25, 0.3) is 0 Å². The first-order chi connectivity index (χ1) is 7.19. The molecule has 1 fully saturated rings. The first-order valence-electron chi connectivity index (χ1n) is 6.66. The predicted molar refractivity (Wildman–Crippen MR) is 67.2 cm³/mol. The van der Waals surface area contributed by atoms with E-state index in [1.165, 1.54) is 38.9 Å². The summed E-state index contributed by atoms with van der Waals surface area (Å²) in [6.07, 6.45) is 4.04. The average Bonchev–Trinajstić information content (AvgIpc) is 2.71. The second kappa shape index (κ2) is 6.49. The van der Waals surface area contributed by atoms with E-state index in [1.807, 2.05) is 0 Å². The number of rotatable bonds is 6. The molecule has 1 aliphatic heterocycles. The molecule has 3 atom stereocenters. The molecular weight excluding hydrogens is 184 g/mol. The first kappa shape index (κ1) is 13.0. The molecule has 2 heteroatoms. The minimum Gasteiger partial charge on any atom is -0.312 e. The molecule has 0 aromatic rings. The van der Waals surface area contributed by atoms with Crippen molar-refractivity contribution < 1.29 is 0 Å². The smallest absolute Gasteiger partial charge is 0.0221 e. The van der Waals surface area contributed by atoms with Crippen LogP contribution >= 0.6 is 0 Å². The van der Waals surface area contributed by atoms with E-state index < -0.39 is 0 Å². The van der Waals surface area contributed by atoms with Gasteiger partial charge in [0.2, 0.25) is 0 Å². The third-order valence-corrected chi connectivity index (χ3v) is 4.08. The Morgan fingerprint density at radius 1 is 1.33 bits per heavy atom. The largest absolute Gasteiger partial charge is 0.312 e. The van der Waals surface area contributed by atoms with Gasteiger partial charge < -0.3 is 5.32 Å². The summed E-state index contributed by atoms with van der Waals surface area (Å²) in [7, 11) is 0. The molecule has 2 nitrogen and oxygen atoms in total. The van der Waals surface area contributed by atoms with Gasteiger partial charge in [-0.3, -0.25) is 4.90 Å². The fourth-order valence-corrected chi connectivity index (χ4v) is 2.42. The van der Waals surface area contributed by atoms with Crippen LogP contribution in [0.3, 0.4) is 0 Å². The molecule has 0 unspecified atom stereocenters. The van der Waals surface area contributed by atoms with Crippen molar-refractivity contribution in [1.82, 2.24) is 10.2 Å². The monoisotopic (exact) mass is 212 g/mol. The second-order valence-corrected chi connectivity index (χ2v) is 5.01. The Kier molecular flexibility index (Phi) is 5.62. The lowest BCUT2D eigenvalue weighted by molar-refractivity contribution is 0.246. The van der Waals surface area contributed by atoms with Gasteiger partial charge >= 0.3 is 0 Å². The molecule has 0 radical (unpaired) electrons. The van der Waals surface area contributed by atoms with Gasteiger partial charge in [-0.15, -0.1) is 0 Å². The maximum Gasteiger partial charge on any atom is 0.0221 e. The summed E-state index contributed by atoms with van der Waals surface area (Å²) in [5.41, 5.74) is 0. The quantitative estimate of drug-likeness (QED) is 0.728. The molecular formula is C13H28N2. The van der Waals surface area contributed by atoms with E-state index in [-0.39, 0.29) is 0 Å². The summed E-state index contributed by atoms with van der Waals surface area (Å²) >= 11 is 0. The number of nitrogens with zero attached hydrogens (tertiary/aromatic N) is 1. The summed E-state index contributed by atoms with van der Waals surface area (Å²) in [6, 6.07) is 1.45. The number of hydrogen-bond acceptors (Lipinski definition) is 2. The molecule has 1 rings (SSSR count). The molecule has 1 saturated heterocycles. The van der Waals surface area contributed by atoms with Crippen molar-refractivity contribution in [2.75, 3.05) is 19.6 Å². The van der Waals surface area contributed by atoms with Gasteiger partial charge in [0.05, 0.1) is 0 Å². The van der Waals surface area contributed by atoms with Gasteiger partial charge in [-0.05, 0) is 38.8 Å². The minimum absolute atomic E-state index is 0.661. The van der Waals surface area contributed by atoms with Crippen LogP contribution in [0.25, 0.3) is 0 Å². The Labute approximate surface area is 95.4 Å². The van der Waals surface area contributed by atoms with Gasteiger partial charge in [-0.1, -0.05) is 27.2 Å². The van der Waals surface area contributed by atoms with E-state index in [4.69, 9.17) is 0 Å². The van der Waals surface area contributed by atoms with Crippen molar-refractivity contribution in [1.29, 1.82) is 0 Å². The van der Waals surface area contributed by atoms with Crippen LogP contribution in [-0.4, -0.2) is 36.6 Å². The number of likely N-dealkylation sites (tertiary alicyclic amines) is 1. The van der Waals surface area contributed by atoms with E-state index >= 15 is 0 Å². The highest BCUT2D eigenvalue weighted by atomic mass is 15.2. The van der Waals surface area contributed by atoms with Crippen molar-refractivity contribution >= 4 is 0 Å². The molecule has 0 bridgehead atoms. The molecule has 0 aromatic carbocycles. The highest BCUT2D eigenvalue weighted by Gasteiger charge is 2.23. The SMILES string of the molecule is CC[C@H](C)[C@@H](C)NC[C@H]1CCCN1CC. The minimum atomic E-state index is 0.661. The van der Waals surface area contributed by atoms with Crippen LogP contribution in [0.1, 0.15) is 47.0 Å². The number of likely N-dealkylation sites (N-methyl/N-ethyl adjacent to an activating group) is 1. The fourth-order valence-electron chi connectivity index (χ4n) is 2.42. The van der Waals surface area contributed by atoms with E-state index in [1.54, 1.807) is 0 Å². The molecule has 90 valence electrons. The van der Waals surface area contributed by atoms with Crippen LogP contribution < -0.4 is 5.32 Å². The van der Waals surface area contributed by atoms with Crippen LogP contribution in [0, 0.1) is 5.92 Å². The third-order valence-electron chi connectivity index (χ3n) is 4.08. The summed E-state index contributed by atoms with van der Waals surface area (Å²) in [6.45, 7) is 12.9. The normalized spacial score (nSPS) is 26.8. The van der Waals surface area contributed by atoms with Gasteiger partial charge in [-0.2, -0.15) is 0 Å². The van der Waals surface area contributed by atoms with Gasteiger partial charge in [0.1, 0.15) is 0 Å². The maximum absolute atomic E-state index is 3.70. The third kappa shape index (κ3) is 3.76. The molecule has 0 spiro atoms. The van der Waals surface area contributed by atoms with E-state index in [0.717, 1.165) is 12.0 Å². The van der Waals surface area contributed by atoms with Crippen LogP contribution in [0.5, 0.6) is 0 Å². The Hall–Kier alpha value is -0.0800. The molecule has 1 aliphatic rings. The molecule has 0 aromatic heterocycles. The van der Waals surface area contributed by atoms with Crippen LogP contribution in [0.15, 0.2) is 0 Å². The lowest BCUT2D eigenvalue weighted by atomic mass is 10.0. The number of nitrogens with one attached hydrogen (secondary N) is 1. The van der Waals surface area contributed by atoms with E-state index in [9.17, 15) is 0 Å². The zero-order chi connectivity index (χ0) is 11.3. The molecule has 15 heavy (non-hydrogen) atoms. The Bertz CT molecular complexity index is 170. The molecule has 0 aliphatic carbocycles. The zero-order valence-corrected chi connectivity index (χ0v) is 10.9. The Balaban J connectivity index is 2.24. The Morgan fingerprint density at radius 2 is 2.07 bits per heavy atom. The summed E-state index contributed by atoms with van der Waals surface area (Å²) in [4.78, 5) is 2.61. The lowest BCUT2D eigenvalue weighted by Crippen LogP contribution is -2.42. The summed E-state index contributed by atoms with van der Waals surface area (Å²) < 4.78 is 0. The zero-order valence-electron chi connectivity index (χ0n) is 10.9. The van der Waals surface area contributed by atoms with Gasteiger partial charge in [-0.25, -0.2) is 0 Å². The maximum atomic E-state index is 3.70. The first-order valence-corrected chi connectivity index (χ1v) is 6.66. The van der Waals surface area contributed by atoms with Gasteiger partial charge in [0, 0.05) is 18.6 Å². The Morgan fingerprint density at radius 3 is 2.67 bits per heavy atom. The van der Waals surface area contributed by atoms with E-state index in [0.29, 0.717) is 6.04 Å². The summed E-state index contributed by atoms with van der Waals surface area (Å²) in [5, 5.41) is 3.70. The fraction of sp³-hybridized carbons (Fsp3) is 1.00. The van der Waals surface area contributed by atoms with Crippen LogP contribution in [0.4, 0.5) is 0 Å². The van der Waals surface area contributed by atoms with Crippen molar-refractivity contribution in [3.63, 3.8) is 0 Å². The molecule has 1 heterocycles. The van der Waals surface area contributed by atoms with Crippen molar-refractivity contribution in [2.24, 2.45) is 5.92 Å². The van der Waals surface area contributed by atoms with Crippen molar-refractivity contribution in [2.45, 2.75) is 59.0 Å². The standard InChI is InChI=1S/C13H28N2/c1-5-11(3)12(4)14-10-13-8-7-9-15(13)6-2/h11-14H,5-10H2,1-4H3/t11-,12+,13+/m0/s1. The molecule has 0 amide bonds. The van der Waals surface area contributed by atoms with Crippen LogP contribution in [0.2, 0.25) is 0 Å². The van der Waals surface area contributed by atoms with Crippen molar-refractivity contribution in [3.05, 3.63) is 0 Å².